The fraction of sp³-hybridized carbons (Fsp3) is 0.421. The molecule has 1 saturated heterocycles. The van der Waals surface area contributed by atoms with Crippen molar-refractivity contribution in [1.29, 1.82) is 0 Å². The lowest BCUT2D eigenvalue weighted by Gasteiger charge is -2.29. The maximum atomic E-state index is 6.26. The second kappa shape index (κ2) is 5.85. The van der Waals surface area contributed by atoms with Crippen LogP contribution in [0.3, 0.4) is 0 Å². The lowest BCUT2D eigenvalue weighted by Crippen LogP contribution is -2.37. The van der Waals surface area contributed by atoms with Gasteiger partial charge in [-0.15, -0.1) is 0 Å². The highest BCUT2D eigenvalue weighted by molar-refractivity contribution is 5.68. The van der Waals surface area contributed by atoms with Crippen LogP contribution in [0.15, 0.2) is 36.4 Å². The lowest BCUT2D eigenvalue weighted by molar-refractivity contribution is 0.105. The van der Waals surface area contributed by atoms with Crippen molar-refractivity contribution in [3.05, 3.63) is 42.6 Å². The molecule has 23 heavy (non-hydrogen) atoms. The van der Waals surface area contributed by atoms with Crippen LogP contribution in [0.5, 0.6) is 11.5 Å². The van der Waals surface area contributed by atoms with Gasteiger partial charge in [-0.2, -0.15) is 0 Å². The van der Waals surface area contributed by atoms with E-state index in [0.717, 1.165) is 35.7 Å². The van der Waals surface area contributed by atoms with E-state index in [1.54, 1.807) is 13.2 Å². The molecule has 1 radical (unpaired) electrons. The number of benzene rings is 1. The molecule has 4 nitrogen and oxygen atoms in total. The van der Waals surface area contributed by atoms with E-state index in [2.05, 4.69) is 23.1 Å². The fourth-order valence-electron chi connectivity index (χ4n) is 3.88. The van der Waals surface area contributed by atoms with Crippen molar-refractivity contribution in [2.24, 2.45) is 5.92 Å². The molecule has 2 aromatic rings. The molecule has 3 unspecified atom stereocenters. The number of hydrogen-bond acceptors (Lipinski definition) is 4. The Bertz CT molecular complexity index is 687. The second-order valence-corrected chi connectivity index (χ2v) is 6.50. The van der Waals surface area contributed by atoms with Crippen molar-refractivity contribution < 1.29 is 9.47 Å². The van der Waals surface area contributed by atoms with E-state index in [1.807, 2.05) is 30.3 Å². The molecule has 2 aliphatic rings. The minimum Gasteiger partial charge on any atom is -0.496 e. The van der Waals surface area contributed by atoms with Crippen LogP contribution in [-0.2, 0) is 0 Å². The van der Waals surface area contributed by atoms with Gasteiger partial charge in [-0.1, -0.05) is 6.07 Å². The Morgan fingerprint density at radius 2 is 2.17 bits per heavy atom. The highest BCUT2D eigenvalue weighted by Crippen LogP contribution is 2.40. The molecule has 0 spiro atoms. The first-order valence-corrected chi connectivity index (χ1v) is 8.13. The van der Waals surface area contributed by atoms with Crippen LogP contribution in [0.4, 0.5) is 0 Å². The molecular weight excluding hydrogens is 288 g/mol. The van der Waals surface area contributed by atoms with E-state index < -0.39 is 0 Å². The summed E-state index contributed by atoms with van der Waals surface area (Å²) in [5, 5.41) is 0. The SMILES string of the molecule is COc1cc(OC2CC3CC2CN3C)ccc1-c1ccc[c]n1. The Labute approximate surface area is 137 Å². The number of hydrogen-bond donors (Lipinski definition) is 0. The number of likely N-dealkylation sites (tertiary alicyclic amines) is 1. The van der Waals surface area contributed by atoms with Crippen LogP contribution in [0.25, 0.3) is 11.3 Å². The average molecular weight is 309 g/mol. The van der Waals surface area contributed by atoms with Crippen molar-refractivity contribution >= 4 is 0 Å². The number of piperidine rings is 1. The summed E-state index contributed by atoms with van der Waals surface area (Å²) >= 11 is 0. The summed E-state index contributed by atoms with van der Waals surface area (Å²) in [6, 6.07) is 12.4. The van der Waals surface area contributed by atoms with Crippen molar-refractivity contribution in [1.82, 2.24) is 9.88 Å². The molecule has 2 fully saturated rings. The predicted molar refractivity (Wildman–Crippen MR) is 88.6 cm³/mol. The van der Waals surface area contributed by atoms with Crippen molar-refractivity contribution in [2.75, 3.05) is 20.7 Å². The largest absolute Gasteiger partial charge is 0.496 e. The van der Waals surface area contributed by atoms with Crippen LogP contribution in [0.1, 0.15) is 12.8 Å². The maximum absolute atomic E-state index is 6.26. The summed E-state index contributed by atoms with van der Waals surface area (Å²) in [5.74, 6) is 2.32. The van der Waals surface area contributed by atoms with E-state index in [-0.39, 0.29) is 0 Å². The second-order valence-electron chi connectivity index (χ2n) is 6.50. The number of fused-ring (bicyclic) bond motifs is 2. The third kappa shape index (κ3) is 2.68. The average Bonchev–Trinajstić information content (AvgIpc) is 3.14. The number of ether oxygens (including phenoxy) is 2. The summed E-state index contributed by atoms with van der Waals surface area (Å²) in [6.45, 7) is 1.15. The molecule has 1 aliphatic heterocycles. The molecule has 119 valence electrons. The Morgan fingerprint density at radius 1 is 1.26 bits per heavy atom. The summed E-state index contributed by atoms with van der Waals surface area (Å²) in [4.78, 5) is 6.73. The standard InChI is InChI=1S/C19H21N2O2/c1-21-12-13-9-14(21)10-18(13)23-15-6-7-16(19(11-15)22-2)17-5-3-4-8-20-17/h3-7,11,13-14,18H,9-10,12H2,1-2H3. The quantitative estimate of drug-likeness (QED) is 0.869. The van der Waals surface area contributed by atoms with Gasteiger partial charge in [-0.25, -0.2) is 4.98 Å². The van der Waals surface area contributed by atoms with Crippen LogP contribution >= 0.6 is 0 Å². The molecule has 1 aliphatic carbocycles. The van der Waals surface area contributed by atoms with E-state index in [0.29, 0.717) is 18.1 Å². The van der Waals surface area contributed by atoms with Gasteiger partial charge in [0.15, 0.2) is 0 Å². The number of methoxy groups -OCH3 is 1. The third-order valence-corrected chi connectivity index (χ3v) is 5.10. The minimum atomic E-state index is 0.329. The van der Waals surface area contributed by atoms with Gasteiger partial charge in [-0.3, -0.25) is 0 Å². The Morgan fingerprint density at radius 3 is 2.83 bits per heavy atom. The topological polar surface area (TPSA) is 34.6 Å². The molecule has 0 N–H and O–H groups in total. The van der Waals surface area contributed by atoms with Gasteiger partial charge in [0.1, 0.15) is 17.6 Å². The lowest BCUT2D eigenvalue weighted by atomic mass is 10.1. The summed E-state index contributed by atoms with van der Waals surface area (Å²) in [7, 11) is 3.89. The summed E-state index contributed by atoms with van der Waals surface area (Å²) in [5.41, 5.74) is 1.82. The van der Waals surface area contributed by atoms with Crippen LogP contribution in [0, 0.1) is 12.1 Å². The number of aromatic nitrogens is 1. The van der Waals surface area contributed by atoms with Crippen molar-refractivity contribution in [2.45, 2.75) is 25.0 Å². The van der Waals surface area contributed by atoms with E-state index in [9.17, 15) is 0 Å². The molecule has 4 rings (SSSR count). The summed E-state index contributed by atoms with van der Waals surface area (Å²) < 4.78 is 11.8. The first-order chi connectivity index (χ1) is 11.2. The number of rotatable bonds is 4. The van der Waals surface area contributed by atoms with Crippen LogP contribution in [0.2, 0.25) is 0 Å². The Balaban J connectivity index is 1.55. The van der Waals surface area contributed by atoms with Gasteiger partial charge >= 0.3 is 0 Å². The Hall–Kier alpha value is -2.07. The number of nitrogens with zero attached hydrogens (tertiary/aromatic N) is 2. The first kappa shape index (κ1) is 14.5. The fourth-order valence-corrected chi connectivity index (χ4v) is 3.88. The predicted octanol–water partition coefficient (Wildman–Crippen LogP) is 3.03. The van der Waals surface area contributed by atoms with Gasteiger partial charge in [0.05, 0.1) is 19.0 Å². The summed E-state index contributed by atoms with van der Waals surface area (Å²) in [6.07, 6.45) is 5.58. The first-order valence-electron chi connectivity index (χ1n) is 8.13. The maximum Gasteiger partial charge on any atom is 0.131 e. The van der Waals surface area contributed by atoms with E-state index in [4.69, 9.17) is 9.47 Å². The number of pyridine rings is 1. The minimum absolute atomic E-state index is 0.329. The van der Waals surface area contributed by atoms with E-state index >= 15 is 0 Å². The van der Waals surface area contributed by atoms with E-state index in [1.165, 1.54) is 6.42 Å². The van der Waals surface area contributed by atoms with Gasteiger partial charge in [0.25, 0.3) is 0 Å². The normalized spacial score (nSPS) is 26.4. The third-order valence-electron chi connectivity index (χ3n) is 5.10. The van der Waals surface area contributed by atoms with Gasteiger partial charge in [0, 0.05) is 36.6 Å². The smallest absolute Gasteiger partial charge is 0.131 e. The molecule has 1 aromatic heterocycles. The highest BCUT2D eigenvalue weighted by atomic mass is 16.5. The molecule has 2 bridgehead atoms. The molecule has 4 heteroatoms. The van der Waals surface area contributed by atoms with Crippen molar-refractivity contribution in [3.8, 4) is 22.8 Å². The zero-order valence-corrected chi connectivity index (χ0v) is 13.5. The monoisotopic (exact) mass is 309 g/mol. The molecule has 1 aromatic carbocycles. The highest BCUT2D eigenvalue weighted by Gasteiger charge is 2.44. The molecule has 3 atom stereocenters. The van der Waals surface area contributed by atoms with Gasteiger partial charge in [0.2, 0.25) is 0 Å². The van der Waals surface area contributed by atoms with Crippen LogP contribution < -0.4 is 9.47 Å². The Kier molecular flexibility index (Phi) is 3.69. The molecule has 0 amide bonds. The van der Waals surface area contributed by atoms with Gasteiger partial charge < -0.3 is 14.4 Å². The zero-order chi connectivity index (χ0) is 15.8. The zero-order valence-electron chi connectivity index (χ0n) is 13.5. The van der Waals surface area contributed by atoms with Gasteiger partial charge in [-0.05, 0) is 37.7 Å². The van der Waals surface area contributed by atoms with Crippen molar-refractivity contribution in [3.63, 3.8) is 0 Å². The molecule has 1 saturated carbocycles. The van der Waals surface area contributed by atoms with Crippen LogP contribution in [-0.4, -0.2) is 42.7 Å². The molecule has 2 heterocycles. The molecular formula is C19H21N2O2.